The van der Waals surface area contributed by atoms with Crippen molar-refractivity contribution in [3.63, 3.8) is 0 Å². The molecule has 0 atom stereocenters. The lowest BCUT2D eigenvalue weighted by Gasteiger charge is -2.23. The molecule has 3 N–H and O–H groups in total. The molecule has 0 spiro atoms. The van der Waals surface area contributed by atoms with E-state index in [1.54, 1.807) is 12.1 Å². The first-order valence-electron chi connectivity index (χ1n) is 7.27. The van der Waals surface area contributed by atoms with Crippen molar-refractivity contribution in [1.82, 2.24) is 0 Å². The number of nitrogens with zero attached hydrogens (tertiary/aromatic N) is 1. The molecule has 0 unspecified atom stereocenters. The second kappa shape index (κ2) is 6.60. The Kier molecular flexibility index (Phi) is 4.81. The predicted octanol–water partition coefficient (Wildman–Crippen LogP) is 3.84. The second-order valence-corrected chi connectivity index (χ2v) is 6.06. The van der Waals surface area contributed by atoms with Crippen LogP contribution in [0.3, 0.4) is 0 Å². The van der Waals surface area contributed by atoms with E-state index in [1.165, 1.54) is 6.07 Å². The first-order chi connectivity index (χ1) is 10.4. The van der Waals surface area contributed by atoms with Gasteiger partial charge >= 0.3 is 0 Å². The summed E-state index contributed by atoms with van der Waals surface area (Å²) in [5, 5.41) is 3.06. The van der Waals surface area contributed by atoms with Crippen LogP contribution < -0.4 is 11.1 Å². The Balaban J connectivity index is 2.08. The molecule has 22 heavy (non-hydrogen) atoms. The molecule has 2 aromatic rings. The van der Waals surface area contributed by atoms with Crippen molar-refractivity contribution >= 4 is 11.6 Å². The molecular weight excluding hydrogens is 277 g/mol. The van der Waals surface area contributed by atoms with Crippen LogP contribution in [-0.2, 0) is 5.41 Å². The first kappa shape index (κ1) is 16.0. The summed E-state index contributed by atoms with van der Waals surface area (Å²) in [4.78, 5) is 4.35. The van der Waals surface area contributed by atoms with Gasteiger partial charge in [0.25, 0.3) is 0 Å². The number of hydrogen-bond donors (Lipinski definition) is 2. The van der Waals surface area contributed by atoms with Crippen molar-refractivity contribution < 1.29 is 4.39 Å². The van der Waals surface area contributed by atoms with Crippen molar-refractivity contribution in [1.29, 1.82) is 0 Å². The highest BCUT2D eigenvalue weighted by Gasteiger charge is 2.23. The van der Waals surface area contributed by atoms with Gasteiger partial charge in [0.15, 0.2) is 5.96 Å². The Hall–Kier alpha value is -2.36. The normalized spacial score (nSPS) is 12.3. The largest absolute Gasteiger partial charge is 0.370 e. The van der Waals surface area contributed by atoms with Gasteiger partial charge in [0.05, 0.1) is 6.54 Å². The molecule has 2 aromatic carbocycles. The predicted molar refractivity (Wildman–Crippen MR) is 90.7 cm³/mol. The molecule has 0 aliphatic rings. The van der Waals surface area contributed by atoms with E-state index < -0.39 is 5.41 Å². The molecule has 0 aliphatic carbocycles. The highest BCUT2D eigenvalue weighted by molar-refractivity contribution is 5.92. The summed E-state index contributed by atoms with van der Waals surface area (Å²) >= 11 is 0. The van der Waals surface area contributed by atoms with Crippen LogP contribution in [0.5, 0.6) is 0 Å². The third-order valence-electron chi connectivity index (χ3n) is 3.54. The average molecular weight is 299 g/mol. The monoisotopic (exact) mass is 299 g/mol. The Morgan fingerprint density at radius 3 is 2.59 bits per heavy atom. The van der Waals surface area contributed by atoms with E-state index >= 15 is 0 Å². The number of halogens is 1. The molecule has 4 heteroatoms. The fourth-order valence-electron chi connectivity index (χ4n) is 2.29. The second-order valence-electron chi connectivity index (χ2n) is 6.06. The van der Waals surface area contributed by atoms with Crippen LogP contribution in [0.25, 0.3) is 0 Å². The molecule has 0 heterocycles. The van der Waals surface area contributed by atoms with Crippen molar-refractivity contribution in [3.8, 4) is 0 Å². The Bertz CT molecular complexity index is 678. The summed E-state index contributed by atoms with van der Waals surface area (Å²) < 4.78 is 13.9. The molecule has 0 aliphatic heterocycles. The van der Waals surface area contributed by atoms with Crippen molar-refractivity contribution in [2.45, 2.75) is 26.2 Å². The molecule has 0 radical (unpaired) electrons. The molecular formula is C18H22FN3. The van der Waals surface area contributed by atoms with E-state index in [1.807, 2.05) is 51.1 Å². The van der Waals surface area contributed by atoms with E-state index in [2.05, 4.69) is 10.3 Å². The third-order valence-corrected chi connectivity index (χ3v) is 3.54. The number of anilines is 1. The lowest BCUT2D eigenvalue weighted by Crippen LogP contribution is -2.28. The third kappa shape index (κ3) is 4.07. The van der Waals surface area contributed by atoms with Crippen LogP contribution in [0.4, 0.5) is 10.1 Å². The summed E-state index contributed by atoms with van der Waals surface area (Å²) in [6.07, 6.45) is 0. The highest BCUT2D eigenvalue weighted by atomic mass is 19.1. The summed E-state index contributed by atoms with van der Waals surface area (Å²) in [6, 6.07) is 14.7. The van der Waals surface area contributed by atoms with Crippen LogP contribution in [0.15, 0.2) is 53.5 Å². The van der Waals surface area contributed by atoms with Gasteiger partial charge in [0.2, 0.25) is 0 Å². The fraction of sp³-hybridized carbons (Fsp3) is 0.278. The van der Waals surface area contributed by atoms with Crippen molar-refractivity contribution in [3.05, 3.63) is 65.5 Å². The van der Waals surface area contributed by atoms with E-state index in [0.717, 1.165) is 11.3 Å². The molecule has 2 rings (SSSR count). The van der Waals surface area contributed by atoms with Gasteiger partial charge in [0.1, 0.15) is 5.82 Å². The maximum atomic E-state index is 13.9. The fourth-order valence-corrected chi connectivity index (χ4v) is 2.29. The quantitative estimate of drug-likeness (QED) is 0.665. The lowest BCUT2D eigenvalue weighted by atomic mass is 9.84. The molecule has 0 bridgehead atoms. The lowest BCUT2D eigenvalue weighted by molar-refractivity contribution is 0.494. The topological polar surface area (TPSA) is 50.4 Å². The smallest absolute Gasteiger partial charge is 0.193 e. The van der Waals surface area contributed by atoms with E-state index in [4.69, 9.17) is 5.73 Å². The Labute approximate surface area is 131 Å². The number of guanidine groups is 1. The Morgan fingerprint density at radius 2 is 1.91 bits per heavy atom. The molecule has 0 fully saturated rings. The minimum atomic E-state index is -0.426. The van der Waals surface area contributed by atoms with Crippen LogP contribution in [0.2, 0.25) is 0 Å². The van der Waals surface area contributed by atoms with Gasteiger partial charge in [-0.15, -0.1) is 0 Å². The highest BCUT2D eigenvalue weighted by Crippen LogP contribution is 2.25. The number of nitrogens with one attached hydrogen (secondary N) is 1. The Morgan fingerprint density at radius 1 is 1.18 bits per heavy atom. The van der Waals surface area contributed by atoms with Gasteiger partial charge in [-0.05, 0) is 36.2 Å². The molecule has 0 saturated heterocycles. The number of benzene rings is 2. The molecule has 0 aromatic heterocycles. The van der Waals surface area contributed by atoms with Gasteiger partial charge in [-0.3, -0.25) is 4.99 Å². The minimum Gasteiger partial charge on any atom is -0.370 e. The van der Waals surface area contributed by atoms with Crippen LogP contribution in [-0.4, -0.2) is 12.5 Å². The van der Waals surface area contributed by atoms with E-state index in [9.17, 15) is 4.39 Å². The molecule has 0 saturated carbocycles. The average Bonchev–Trinajstić information content (AvgIpc) is 2.45. The number of hydrogen-bond acceptors (Lipinski definition) is 1. The summed E-state index contributed by atoms with van der Waals surface area (Å²) in [5.41, 5.74) is 8.18. The zero-order chi connectivity index (χ0) is 16.2. The minimum absolute atomic E-state index is 0.215. The van der Waals surface area contributed by atoms with Crippen LogP contribution in [0, 0.1) is 12.7 Å². The van der Waals surface area contributed by atoms with Gasteiger partial charge in [-0.25, -0.2) is 4.39 Å². The van der Waals surface area contributed by atoms with Crippen molar-refractivity contribution in [2.24, 2.45) is 10.7 Å². The number of aryl methyl sites for hydroxylation is 1. The number of nitrogens with two attached hydrogens (primary N) is 1. The zero-order valence-electron chi connectivity index (χ0n) is 13.2. The molecule has 0 amide bonds. The van der Waals surface area contributed by atoms with E-state index in [-0.39, 0.29) is 5.82 Å². The summed E-state index contributed by atoms with van der Waals surface area (Å²) in [5.74, 6) is 0.114. The van der Waals surface area contributed by atoms with E-state index in [0.29, 0.717) is 18.1 Å². The SMILES string of the molecule is Cc1cccc(NC(N)=NCC(C)(C)c2ccccc2F)c1. The zero-order valence-corrected chi connectivity index (χ0v) is 13.2. The van der Waals surface area contributed by atoms with Crippen LogP contribution >= 0.6 is 0 Å². The standard InChI is InChI=1S/C18H22FN3/c1-13-7-6-8-14(11-13)22-17(20)21-12-18(2,3)15-9-4-5-10-16(15)19/h4-11H,12H2,1-3H3,(H3,20,21,22). The van der Waals surface area contributed by atoms with Gasteiger partial charge in [0, 0.05) is 11.1 Å². The van der Waals surface area contributed by atoms with Gasteiger partial charge in [-0.1, -0.05) is 44.2 Å². The summed E-state index contributed by atoms with van der Waals surface area (Å²) in [7, 11) is 0. The summed E-state index contributed by atoms with van der Waals surface area (Å²) in [6.45, 7) is 6.32. The molecule has 116 valence electrons. The van der Waals surface area contributed by atoms with Gasteiger partial charge in [-0.2, -0.15) is 0 Å². The van der Waals surface area contributed by atoms with Crippen molar-refractivity contribution in [2.75, 3.05) is 11.9 Å². The maximum absolute atomic E-state index is 13.9. The maximum Gasteiger partial charge on any atom is 0.193 e. The number of rotatable bonds is 4. The first-order valence-corrected chi connectivity index (χ1v) is 7.27. The molecule has 3 nitrogen and oxygen atoms in total. The van der Waals surface area contributed by atoms with Gasteiger partial charge < -0.3 is 11.1 Å². The van der Waals surface area contributed by atoms with Crippen LogP contribution in [0.1, 0.15) is 25.0 Å². The number of aliphatic imine (C=N–C) groups is 1.